The number of nitrogens with zero attached hydrogens (tertiary/aromatic N) is 4. The second kappa shape index (κ2) is 6.57. The van der Waals surface area contributed by atoms with E-state index >= 15 is 0 Å². The Hall–Kier alpha value is -2.47. The number of fused-ring (bicyclic) bond motifs is 1. The second-order valence-corrected chi connectivity index (χ2v) is 6.27. The Bertz CT molecular complexity index is 820. The maximum atomic E-state index is 4.90. The molecule has 4 rings (SSSR count). The fraction of sp³-hybridized carbons (Fsp3) is 0.389. The first-order chi connectivity index (χ1) is 11.8. The monoisotopic (exact) mass is 322 g/mol. The molecule has 1 saturated heterocycles. The van der Waals surface area contributed by atoms with Gasteiger partial charge in [0.2, 0.25) is 5.95 Å². The summed E-state index contributed by atoms with van der Waals surface area (Å²) < 4.78 is 2.07. The number of hydrogen-bond donors (Lipinski definition) is 2. The molecule has 6 nitrogen and oxygen atoms in total. The Labute approximate surface area is 141 Å². The molecule has 0 amide bonds. The SMILES string of the molecule is CNc1ncc2c(-c3ccccc3)nn(CC3CCNCC3)c2n1. The molecule has 1 aliphatic heterocycles. The topological polar surface area (TPSA) is 67.7 Å². The van der Waals surface area contributed by atoms with Crippen molar-refractivity contribution in [1.82, 2.24) is 25.1 Å². The predicted molar refractivity (Wildman–Crippen MR) is 95.9 cm³/mol. The van der Waals surface area contributed by atoms with Crippen molar-refractivity contribution < 1.29 is 0 Å². The zero-order valence-electron chi connectivity index (χ0n) is 13.9. The van der Waals surface area contributed by atoms with E-state index in [1.54, 1.807) is 0 Å². The van der Waals surface area contributed by atoms with Crippen molar-refractivity contribution in [3.63, 3.8) is 0 Å². The van der Waals surface area contributed by atoms with Crippen LogP contribution in [0.15, 0.2) is 36.5 Å². The van der Waals surface area contributed by atoms with E-state index in [0.717, 1.165) is 41.9 Å². The number of benzene rings is 1. The van der Waals surface area contributed by atoms with Crippen LogP contribution in [0.4, 0.5) is 5.95 Å². The molecular weight excluding hydrogens is 300 g/mol. The fourth-order valence-electron chi connectivity index (χ4n) is 3.32. The number of rotatable bonds is 4. The molecule has 124 valence electrons. The molecule has 0 bridgehead atoms. The largest absolute Gasteiger partial charge is 0.357 e. The Morgan fingerprint density at radius 3 is 2.75 bits per heavy atom. The third-order valence-electron chi connectivity index (χ3n) is 4.65. The molecule has 0 aliphatic carbocycles. The zero-order chi connectivity index (χ0) is 16.4. The van der Waals surface area contributed by atoms with Gasteiger partial charge in [0.1, 0.15) is 5.69 Å². The summed E-state index contributed by atoms with van der Waals surface area (Å²) in [6.45, 7) is 3.09. The van der Waals surface area contributed by atoms with Crippen LogP contribution >= 0.6 is 0 Å². The molecule has 3 heterocycles. The van der Waals surface area contributed by atoms with Crippen LogP contribution in [0.25, 0.3) is 22.3 Å². The van der Waals surface area contributed by atoms with Gasteiger partial charge in [0.15, 0.2) is 5.65 Å². The third-order valence-corrected chi connectivity index (χ3v) is 4.65. The molecule has 6 heteroatoms. The summed E-state index contributed by atoms with van der Waals surface area (Å²) in [5, 5.41) is 12.4. The number of nitrogens with one attached hydrogen (secondary N) is 2. The molecule has 1 aliphatic rings. The Kier molecular flexibility index (Phi) is 4.13. The minimum atomic E-state index is 0.633. The highest BCUT2D eigenvalue weighted by atomic mass is 15.3. The number of piperidine rings is 1. The van der Waals surface area contributed by atoms with Crippen LogP contribution in [0.1, 0.15) is 12.8 Å². The molecular formula is C18H22N6. The van der Waals surface area contributed by atoms with E-state index in [4.69, 9.17) is 5.10 Å². The van der Waals surface area contributed by atoms with Crippen molar-refractivity contribution in [2.75, 3.05) is 25.5 Å². The lowest BCUT2D eigenvalue weighted by Gasteiger charge is -2.22. The van der Waals surface area contributed by atoms with Crippen molar-refractivity contribution in [2.45, 2.75) is 19.4 Å². The highest BCUT2D eigenvalue weighted by Gasteiger charge is 2.19. The summed E-state index contributed by atoms with van der Waals surface area (Å²) in [5.74, 6) is 1.28. The Balaban J connectivity index is 1.79. The normalized spacial score (nSPS) is 15.7. The lowest BCUT2D eigenvalue weighted by Crippen LogP contribution is -2.30. The van der Waals surface area contributed by atoms with Gasteiger partial charge in [-0.2, -0.15) is 10.1 Å². The predicted octanol–water partition coefficient (Wildman–Crippen LogP) is 2.53. The van der Waals surface area contributed by atoms with Crippen molar-refractivity contribution in [3.8, 4) is 11.3 Å². The van der Waals surface area contributed by atoms with Crippen molar-refractivity contribution in [2.24, 2.45) is 5.92 Å². The van der Waals surface area contributed by atoms with E-state index in [2.05, 4.69) is 37.4 Å². The van der Waals surface area contributed by atoms with Crippen LogP contribution < -0.4 is 10.6 Å². The fourth-order valence-corrected chi connectivity index (χ4v) is 3.32. The van der Waals surface area contributed by atoms with Crippen LogP contribution in [0.2, 0.25) is 0 Å². The molecule has 3 aromatic rings. The molecule has 1 fully saturated rings. The van der Waals surface area contributed by atoms with Gasteiger partial charge >= 0.3 is 0 Å². The number of hydrogen-bond acceptors (Lipinski definition) is 5. The van der Waals surface area contributed by atoms with Gasteiger partial charge < -0.3 is 10.6 Å². The smallest absolute Gasteiger partial charge is 0.224 e. The molecule has 0 spiro atoms. The minimum Gasteiger partial charge on any atom is -0.357 e. The second-order valence-electron chi connectivity index (χ2n) is 6.27. The molecule has 0 radical (unpaired) electrons. The first-order valence-electron chi connectivity index (χ1n) is 8.52. The molecule has 24 heavy (non-hydrogen) atoms. The first kappa shape index (κ1) is 15.1. The lowest BCUT2D eigenvalue weighted by molar-refractivity contribution is 0.325. The Morgan fingerprint density at radius 2 is 2.00 bits per heavy atom. The summed E-state index contributed by atoms with van der Waals surface area (Å²) >= 11 is 0. The molecule has 0 saturated carbocycles. The molecule has 1 aromatic carbocycles. The highest BCUT2D eigenvalue weighted by molar-refractivity contribution is 5.91. The minimum absolute atomic E-state index is 0.633. The highest BCUT2D eigenvalue weighted by Crippen LogP contribution is 2.28. The van der Waals surface area contributed by atoms with E-state index in [-0.39, 0.29) is 0 Å². The standard InChI is InChI=1S/C18H22N6/c1-19-18-21-11-15-16(14-5-3-2-4-6-14)23-24(17(15)22-18)12-13-7-9-20-10-8-13/h2-6,11,13,20H,7-10,12H2,1H3,(H,19,21,22). The van der Waals surface area contributed by atoms with Gasteiger partial charge in [-0.3, -0.25) is 0 Å². The van der Waals surface area contributed by atoms with E-state index in [1.165, 1.54) is 12.8 Å². The molecule has 0 unspecified atom stereocenters. The quantitative estimate of drug-likeness (QED) is 0.772. The van der Waals surface area contributed by atoms with Crippen LogP contribution in [0, 0.1) is 5.92 Å². The summed E-state index contributed by atoms with van der Waals surface area (Å²) in [5.41, 5.74) is 2.97. The van der Waals surface area contributed by atoms with E-state index in [0.29, 0.717) is 11.9 Å². The van der Waals surface area contributed by atoms with Gasteiger partial charge in [0.05, 0.1) is 5.39 Å². The van der Waals surface area contributed by atoms with E-state index in [9.17, 15) is 0 Å². The average molecular weight is 322 g/mol. The van der Waals surface area contributed by atoms with Gasteiger partial charge in [-0.15, -0.1) is 0 Å². The maximum absolute atomic E-state index is 4.90. The van der Waals surface area contributed by atoms with Crippen molar-refractivity contribution >= 4 is 17.0 Å². The van der Waals surface area contributed by atoms with Gasteiger partial charge in [-0.05, 0) is 31.8 Å². The summed E-state index contributed by atoms with van der Waals surface area (Å²) in [7, 11) is 1.84. The van der Waals surface area contributed by atoms with Gasteiger partial charge in [0.25, 0.3) is 0 Å². The van der Waals surface area contributed by atoms with Gasteiger partial charge in [-0.1, -0.05) is 30.3 Å². The summed E-state index contributed by atoms with van der Waals surface area (Å²) in [6.07, 6.45) is 4.25. The third kappa shape index (κ3) is 2.85. The lowest BCUT2D eigenvalue weighted by atomic mass is 9.98. The van der Waals surface area contributed by atoms with Gasteiger partial charge in [0, 0.05) is 25.4 Å². The van der Waals surface area contributed by atoms with Crippen molar-refractivity contribution in [3.05, 3.63) is 36.5 Å². The molecule has 2 N–H and O–H groups in total. The maximum Gasteiger partial charge on any atom is 0.224 e. The zero-order valence-corrected chi connectivity index (χ0v) is 13.9. The number of aromatic nitrogens is 4. The van der Waals surface area contributed by atoms with Crippen LogP contribution in [0.3, 0.4) is 0 Å². The average Bonchev–Trinajstić information content (AvgIpc) is 3.01. The summed E-state index contributed by atoms with van der Waals surface area (Å²) in [6, 6.07) is 10.3. The van der Waals surface area contributed by atoms with E-state index < -0.39 is 0 Å². The van der Waals surface area contributed by atoms with Crippen LogP contribution in [-0.2, 0) is 6.54 Å². The molecule has 2 aromatic heterocycles. The van der Waals surface area contributed by atoms with Crippen molar-refractivity contribution in [1.29, 1.82) is 0 Å². The molecule has 0 atom stereocenters. The van der Waals surface area contributed by atoms with Crippen LogP contribution in [-0.4, -0.2) is 39.9 Å². The Morgan fingerprint density at radius 1 is 1.21 bits per heavy atom. The van der Waals surface area contributed by atoms with Crippen LogP contribution in [0.5, 0.6) is 0 Å². The first-order valence-corrected chi connectivity index (χ1v) is 8.52. The number of anilines is 1. The van der Waals surface area contributed by atoms with Gasteiger partial charge in [-0.25, -0.2) is 9.67 Å². The van der Waals surface area contributed by atoms with E-state index in [1.807, 2.05) is 31.4 Å². The summed E-state index contributed by atoms with van der Waals surface area (Å²) in [4.78, 5) is 9.05.